The zero-order valence-electron chi connectivity index (χ0n) is 14.9. The van der Waals surface area contributed by atoms with Crippen molar-refractivity contribution in [2.75, 3.05) is 25.5 Å². The van der Waals surface area contributed by atoms with E-state index in [2.05, 4.69) is 17.6 Å². The SMILES string of the molecule is C[C@H]1CCCC[C@H]1NC(=O)CN(C)CC(=O)Nc1ccc(F)c(F)c1F. The van der Waals surface area contributed by atoms with E-state index >= 15 is 0 Å². The van der Waals surface area contributed by atoms with Gasteiger partial charge >= 0.3 is 0 Å². The number of nitrogens with one attached hydrogen (secondary N) is 2. The molecule has 1 aromatic carbocycles. The first-order valence-electron chi connectivity index (χ1n) is 8.69. The molecule has 5 nitrogen and oxygen atoms in total. The lowest BCUT2D eigenvalue weighted by Gasteiger charge is -2.30. The summed E-state index contributed by atoms with van der Waals surface area (Å²) in [6, 6.07) is 1.83. The van der Waals surface area contributed by atoms with Gasteiger partial charge in [0.2, 0.25) is 11.8 Å². The molecule has 0 heterocycles. The predicted molar refractivity (Wildman–Crippen MR) is 92.0 cm³/mol. The van der Waals surface area contributed by atoms with Gasteiger partial charge < -0.3 is 10.6 Å². The number of hydrogen-bond acceptors (Lipinski definition) is 3. The molecule has 26 heavy (non-hydrogen) atoms. The number of amides is 2. The van der Waals surface area contributed by atoms with Gasteiger partial charge in [0.25, 0.3) is 0 Å². The monoisotopic (exact) mass is 371 g/mol. The maximum Gasteiger partial charge on any atom is 0.238 e. The molecule has 0 bridgehead atoms. The number of anilines is 1. The summed E-state index contributed by atoms with van der Waals surface area (Å²) in [5.41, 5.74) is -0.442. The van der Waals surface area contributed by atoms with Crippen molar-refractivity contribution in [1.82, 2.24) is 10.2 Å². The first-order chi connectivity index (χ1) is 12.3. The fraction of sp³-hybridized carbons (Fsp3) is 0.556. The van der Waals surface area contributed by atoms with Gasteiger partial charge in [-0.3, -0.25) is 14.5 Å². The smallest absolute Gasteiger partial charge is 0.238 e. The number of likely N-dealkylation sites (N-methyl/N-ethyl adjacent to an activating group) is 1. The molecule has 2 atom stereocenters. The van der Waals surface area contributed by atoms with Crippen molar-refractivity contribution in [1.29, 1.82) is 0 Å². The van der Waals surface area contributed by atoms with Crippen LogP contribution in [0.1, 0.15) is 32.6 Å². The van der Waals surface area contributed by atoms with Gasteiger partial charge in [-0.25, -0.2) is 13.2 Å². The molecule has 0 unspecified atom stereocenters. The van der Waals surface area contributed by atoms with Crippen molar-refractivity contribution < 1.29 is 22.8 Å². The molecular weight excluding hydrogens is 347 g/mol. The largest absolute Gasteiger partial charge is 0.352 e. The predicted octanol–water partition coefficient (Wildman–Crippen LogP) is 2.67. The highest BCUT2D eigenvalue weighted by Gasteiger charge is 2.23. The number of rotatable bonds is 6. The molecule has 2 N–H and O–H groups in total. The van der Waals surface area contributed by atoms with E-state index < -0.39 is 29.0 Å². The van der Waals surface area contributed by atoms with Crippen LogP contribution >= 0.6 is 0 Å². The van der Waals surface area contributed by atoms with Gasteiger partial charge in [-0.1, -0.05) is 19.8 Å². The molecule has 2 rings (SSSR count). The second-order valence-corrected chi connectivity index (χ2v) is 6.88. The lowest BCUT2D eigenvalue weighted by molar-refractivity contribution is -0.124. The van der Waals surface area contributed by atoms with Crippen molar-refractivity contribution in [3.63, 3.8) is 0 Å². The second-order valence-electron chi connectivity index (χ2n) is 6.88. The van der Waals surface area contributed by atoms with E-state index in [0.717, 1.165) is 31.4 Å². The van der Waals surface area contributed by atoms with Crippen molar-refractivity contribution in [3.8, 4) is 0 Å². The van der Waals surface area contributed by atoms with E-state index in [0.29, 0.717) is 5.92 Å². The van der Waals surface area contributed by atoms with E-state index in [1.807, 2.05) is 0 Å². The zero-order chi connectivity index (χ0) is 19.3. The molecule has 0 aliphatic heterocycles. The summed E-state index contributed by atoms with van der Waals surface area (Å²) in [7, 11) is 1.57. The molecule has 1 aliphatic carbocycles. The molecule has 144 valence electrons. The molecule has 2 amide bonds. The molecule has 1 aromatic rings. The average Bonchev–Trinajstić information content (AvgIpc) is 2.57. The molecule has 8 heteroatoms. The minimum Gasteiger partial charge on any atom is -0.352 e. The standard InChI is InChI=1S/C18H24F3N3O2/c1-11-5-3-4-6-13(11)22-15(25)9-24(2)10-16(26)23-14-8-7-12(19)17(20)18(14)21/h7-8,11,13H,3-6,9-10H2,1-2H3,(H,22,25)(H,23,26)/t11-,13+/m0/s1. The van der Waals surface area contributed by atoms with Gasteiger partial charge in [0, 0.05) is 6.04 Å². The topological polar surface area (TPSA) is 61.4 Å². The van der Waals surface area contributed by atoms with Crippen molar-refractivity contribution in [2.45, 2.75) is 38.6 Å². The van der Waals surface area contributed by atoms with Crippen LogP contribution in [0, 0.1) is 23.4 Å². The van der Waals surface area contributed by atoms with Crippen LogP contribution in [-0.4, -0.2) is 42.9 Å². The van der Waals surface area contributed by atoms with Crippen LogP contribution in [-0.2, 0) is 9.59 Å². The average molecular weight is 371 g/mol. The van der Waals surface area contributed by atoms with E-state index in [1.54, 1.807) is 7.05 Å². The zero-order valence-corrected chi connectivity index (χ0v) is 14.9. The highest BCUT2D eigenvalue weighted by molar-refractivity contribution is 5.92. The Balaban J connectivity index is 1.81. The summed E-state index contributed by atoms with van der Waals surface area (Å²) in [6.45, 7) is 1.93. The van der Waals surface area contributed by atoms with Gasteiger partial charge in [-0.15, -0.1) is 0 Å². The van der Waals surface area contributed by atoms with Crippen molar-refractivity contribution in [3.05, 3.63) is 29.6 Å². The van der Waals surface area contributed by atoms with Crippen LogP contribution in [0.3, 0.4) is 0 Å². The van der Waals surface area contributed by atoms with Crippen LogP contribution in [0.2, 0.25) is 0 Å². The number of carbonyl (C=O) groups excluding carboxylic acids is 2. The Bertz CT molecular complexity index is 669. The van der Waals surface area contributed by atoms with E-state index in [9.17, 15) is 22.8 Å². The minimum absolute atomic E-state index is 0.0108. The van der Waals surface area contributed by atoms with Crippen LogP contribution in [0.4, 0.5) is 18.9 Å². The third-order valence-corrected chi connectivity index (χ3v) is 4.59. The molecule has 0 spiro atoms. The quantitative estimate of drug-likeness (QED) is 0.756. The number of benzene rings is 1. The number of nitrogens with zero attached hydrogens (tertiary/aromatic N) is 1. The second kappa shape index (κ2) is 9.02. The number of halogens is 3. The normalized spacial score (nSPS) is 20.1. The number of carbonyl (C=O) groups is 2. The Kier molecular flexibility index (Phi) is 7.02. The molecule has 1 fully saturated rings. The first-order valence-corrected chi connectivity index (χ1v) is 8.69. The molecule has 0 aromatic heterocycles. The van der Waals surface area contributed by atoms with E-state index in [-0.39, 0.29) is 25.0 Å². The maximum absolute atomic E-state index is 13.6. The molecule has 1 aliphatic rings. The summed E-state index contributed by atoms with van der Waals surface area (Å²) in [4.78, 5) is 25.5. The maximum atomic E-state index is 13.6. The van der Waals surface area contributed by atoms with Crippen LogP contribution in [0.25, 0.3) is 0 Å². The Morgan fingerprint density at radius 2 is 1.73 bits per heavy atom. The van der Waals surface area contributed by atoms with Crippen LogP contribution in [0.15, 0.2) is 12.1 Å². The highest BCUT2D eigenvalue weighted by atomic mass is 19.2. The highest BCUT2D eigenvalue weighted by Crippen LogP contribution is 2.23. The Hall–Kier alpha value is -2.09. The van der Waals surface area contributed by atoms with Gasteiger partial charge in [0.1, 0.15) is 0 Å². The Labute approximate surface area is 150 Å². The Morgan fingerprint density at radius 1 is 1.08 bits per heavy atom. The fourth-order valence-electron chi connectivity index (χ4n) is 3.14. The molecule has 0 radical (unpaired) electrons. The summed E-state index contributed by atoms with van der Waals surface area (Å²) in [5, 5.41) is 5.16. The summed E-state index contributed by atoms with van der Waals surface area (Å²) < 4.78 is 39.6. The van der Waals surface area contributed by atoms with Gasteiger partial charge in [0.05, 0.1) is 18.8 Å². The van der Waals surface area contributed by atoms with Gasteiger partial charge in [-0.2, -0.15) is 0 Å². The fourth-order valence-corrected chi connectivity index (χ4v) is 3.14. The first kappa shape index (κ1) is 20.2. The summed E-state index contributed by atoms with van der Waals surface area (Å²) in [5.74, 6) is -4.81. The molecular formula is C18H24F3N3O2. The van der Waals surface area contributed by atoms with Gasteiger partial charge in [0.15, 0.2) is 17.5 Å². The third-order valence-electron chi connectivity index (χ3n) is 4.59. The van der Waals surface area contributed by atoms with E-state index in [1.165, 1.54) is 11.3 Å². The van der Waals surface area contributed by atoms with Crippen molar-refractivity contribution in [2.24, 2.45) is 5.92 Å². The summed E-state index contributed by atoms with van der Waals surface area (Å²) >= 11 is 0. The van der Waals surface area contributed by atoms with E-state index in [4.69, 9.17) is 0 Å². The lowest BCUT2D eigenvalue weighted by atomic mass is 9.86. The minimum atomic E-state index is -1.64. The molecule has 0 saturated heterocycles. The summed E-state index contributed by atoms with van der Waals surface area (Å²) in [6.07, 6.45) is 4.30. The van der Waals surface area contributed by atoms with Gasteiger partial charge in [-0.05, 0) is 37.9 Å². The molecule has 1 saturated carbocycles. The van der Waals surface area contributed by atoms with Crippen LogP contribution in [0.5, 0.6) is 0 Å². The van der Waals surface area contributed by atoms with Crippen LogP contribution < -0.4 is 10.6 Å². The Morgan fingerprint density at radius 3 is 2.42 bits per heavy atom. The third kappa shape index (κ3) is 5.45. The lowest BCUT2D eigenvalue weighted by Crippen LogP contribution is -2.46. The van der Waals surface area contributed by atoms with Crippen molar-refractivity contribution >= 4 is 17.5 Å². The number of hydrogen-bond donors (Lipinski definition) is 2.